The molecule has 3 nitrogen and oxygen atoms in total. The minimum absolute atomic E-state index is 0.0886. The van der Waals surface area contributed by atoms with Crippen molar-refractivity contribution in [2.24, 2.45) is 5.92 Å². The van der Waals surface area contributed by atoms with Gasteiger partial charge in [0.1, 0.15) is 0 Å². The predicted octanol–water partition coefficient (Wildman–Crippen LogP) is 2.69. The summed E-state index contributed by atoms with van der Waals surface area (Å²) in [5.74, 6) is -0.194. The van der Waals surface area contributed by atoms with Crippen LogP contribution in [0, 0.1) is 12.8 Å². The summed E-state index contributed by atoms with van der Waals surface area (Å²) in [5, 5.41) is 12.0. The van der Waals surface area contributed by atoms with Crippen molar-refractivity contribution in [3.63, 3.8) is 0 Å². The molecule has 16 heavy (non-hydrogen) atoms. The maximum Gasteiger partial charge on any atom is 0.307 e. The third-order valence-electron chi connectivity index (χ3n) is 2.35. The van der Waals surface area contributed by atoms with E-state index in [0.29, 0.717) is 5.92 Å². The van der Waals surface area contributed by atoms with E-state index in [0.717, 1.165) is 23.4 Å². The lowest BCUT2D eigenvalue weighted by atomic mass is 10.1. The highest BCUT2D eigenvalue weighted by Gasteiger charge is 2.04. The summed E-state index contributed by atoms with van der Waals surface area (Å²) < 4.78 is 0. The van der Waals surface area contributed by atoms with Crippen molar-refractivity contribution in [1.82, 2.24) is 0 Å². The van der Waals surface area contributed by atoms with E-state index in [4.69, 9.17) is 5.11 Å². The highest BCUT2D eigenvalue weighted by atomic mass is 16.4. The van der Waals surface area contributed by atoms with E-state index in [2.05, 4.69) is 19.2 Å². The lowest BCUT2D eigenvalue weighted by Gasteiger charge is -2.12. The standard InChI is InChI=1S/C13H19NO2/c1-9(2)8-14-12-5-4-11(6-10(12)3)7-13(15)16/h4-6,9,14H,7-8H2,1-3H3,(H,15,16). The van der Waals surface area contributed by atoms with Crippen LogP contribution in [0.4, 0.5) is 5.69 Å². The molecule has 0 amide bonds. The molecule has 0 fully saturated rings. The quantitative estimate of drug-likeness (QED) is 0.803. The second-order valence-corrected chi connectivity index (χ2v) is 4.49. The van der Waals surface area contributed by atoms with Crippen molar-refractivity contribution in [2.75, 3.05) is 11.9 Å². The molecule has 0 radical (unpaired) electrons. The van der Waals surface area contributed by atoms with Crippen LogP contribution in [0.15, 0.2) is 18.2 Å². The molecule has 1 rings (SSSR count). The van der Waals surface area contributed by atoms with Crippen LogP contribution >= 0.6 is 0 Å². The topological polar surface area (TPSA) is 49.3 Å². The molecule has 0 spiro atoms. The zero-order valence-electron chi connectivity index (χ0n) is 10.1. The van der Waals surface area contributed by atoms with Gasteiger partial charge in [-0.25, -0.2) is 0 Å². The number of benzene rings is 1. The van der Waals surface area contributed by atoms with Gasteiger partial charge in [0.25, 0.3) is 0 Å². The van der Waals surface area contributed by atoms with Gasteiger partial charge in [-0.05, 0) is 30.0 Å². The summed E-state index contributed by atoms with van der Waals surface area (Å²) in [6.45, 7) is 7.23. The second-order valence-electron chi connectivity index (χ2n) is 4.49. The largest absolute Gasteiger partial charge is 0.481 e. The minimum Gasteiger partial charge on any atom is -0.481 e. The van der Waals surface area contributed by atoms with Crippen LogP contribution in [0.25, 0.3) is 0 Å². The Bertz CT molecular complexity index is 372. The van der Waals surface area contributed by atoms with Crippen molar-refractivity contribution in [3.8, 4) is 0 Å². The predicted molar refractivity (Wildman–Crippen MR) is 65.8 cm³/mol. The first-order chi connectivity index (χ1) is 7.49. The summed E-state index contributed by atoms with van der Waals surface area (Å²) >= 11 is 0. The van der Waals surface area contributed by atoms with Crippen LogP contribution in [-0.4, -0.2) is 17.6 Å². The van der Waals surface area contributed by atoms with E-state index < -0.39 is 5.97 Å². The summed E-state index contributed by atoms with van der Waals surface area (Å²) in [7, 11) is 0. The monoisotopic (exact) mass is 221 g/mol. The SMILES string of the molecule is Cc1cc(CC(=O)O)ccc1NCC(C)C. The van der Waals surface area contributed by atoms with Gasteiger partial charge in [0.2, 0.25) is 0 Å². The number of aliphatic carboxylic acids is 1. The smallest absolute Gasteiger partial charge is 0.307 e. The molecule has 0 aliphatic rings. The molecule has 1 aromatic rings. The number of carboxylic acid groups (broad SMARTS) is 1. The molecule has 0 aliphatic carbocycles. The Morgan fingerprint density at radius 3 is 2.62 bits per heavy atom. The van der Waals surface area contributed by atoms with Gasteiger partial charge in [0.05, 0.1) is 6.42 Å². The van der Waals surface area contributed by atoms with E-state index >= 15 is 0 Å². The van der Waals surface area contributed by atoms with Crippen LogP contribution in [0.1, 0.15) is 25.0 Å². The van der Waals surface area contributed by atoms with Gasteiger partial charge in [-0.2, -0.15) is 0 Å². The lowest BCUT2D eigenvalue weighted by molar-refractivity contribution is -0.136. The molecule has 2 N–H and O–H groups in total. The fourth-order valence-corrected chi connectivity index (χ4v) is 1.52. The van der Waals surface area contributed by atoms with Crippen molar-refractivity contribution in [2.45, 2.75) is 27.2 Å². The first-order valence-electron chi connectivity index (χ1n) is 5.54. The number of carboxylic acids is 1. The first kappa shape index (κ1) is 12.6. The molecule has 0 unspecified atom stereocenters. The number of nitrogens with one attached hydrogen (secondary N) is 1. The maximum atomic E-state index is 10.6. The summed E-state index contributed by atoms with van der Waals surface area (Å²) in [4.78, 5) is 10.6. The fraction of sp³-hybridized carbons (Fsp3) is 0.462. The van der Waals surface area contributed by atoms with Gasteiger partial charge in [0.15, 0.2) is 0 Å². The number of hydrogen-bond acceptors (Lipinski definition) is 2. The molecule has 0 atom stereocenters. The average molecular weight is 221 g/mol. The fourth-order valence-electron chi connectivity index (χ4n) is 1.52. The van der Waals surface area contributed by atoms with E-state index in [1.807, 2.05) is 25.1 Å². The molecule has 0 bridgehead atoms. The number of anilines is 1. The van der Waals surface area contributed by atoms with Gasteiger partial charge >= 0.3 is 5.97 Å². The van der Waals surface area contributed by atoms with E-state index in [1.165, 1.54) is 0 Å². The lowest BCUT2D eigenvalue weighted by Crippen LogP contribution is -2.09. The van der Waals surface area contributed by atoms with E-state index in [1.54, 1.807) is 0 Å². The van der Waals surface area contributed by atoms with Gasteiger partial charge in [-0.15, -0.1) is 0 Å². The van der Waals surface area contributed by atoms with Gasteiger partial charge in [0, 0.05) is 12.2 Å². The minimum atomic E-state index is -0.790. The third-order valence-corrected chi connectivity index (χ3v) is 2.35. The Morgan fingerprint density at radius 1 is 1.44 bits per heavy atom. The maximum absolute atomic E-state index is 10.6. The second kappa shape index (κ2) is 5.54. The number of carbonyl (C=O) groups is 1. The molecule has 1 aromatic carbocycles. The van der Waals surface area contributed by atoms with Crippen molar-refractivity contribution in [3.05, 3.63) is 29.3 Å². The Hall–Kier alpha value is -1.51. The molecule has 0 saturated heterocycles. The van der Waals surface area contributed by atoms with Crippen LogP contribution in [0.3, 0.4) is 0 Å². The van der Waals surface area contributed by atoms with Crippen LogP contribution in [-0.2, 0) is 11.2 Å². The van der Waals surface area contributed by atoms with Crippen molar-refractivity contribution < 1.29 is 9.90 Å². The van der Waals surface area contributed by atoms with Gasteiger partial charge < -0.3 is 10.4 Å². The Balaban J connectivity index is 2.71. The Morgan fingerprint density at radius 2 is 2.12 bits per heavy atom. The third kappa shape index (κ3) is 3.93. The van der Waals surface area contributed by atoms with Crippen molar-refractivity contribution >= 4 is 11.7 Å². The number of aryl methyl sites for hydroxylation is 1. The number of rotatable bonds is 5. The number of hydrogen-bond donors (Lipinski definition) is 2. The zero-order valence-corrected chi connectivity index (χ0v) is 10.1. The molecule has 0 aliphatic heterocycles. The normalized spacial score (nSPS) is 10.5. The molecule has 88 valence electrons. The average Bonchev–Trinajstić information content (AvgIpc) is 2.15. The highest BCUT2D eigenvalue weighted by Crippen LogP contribution is 2.17. The molecular weight excluding hydrogens is 202 g/mol. The first-order valence-corrected chi connectivity index (χ1v) is 5.54. The molecule has 0 heterocycles. The van der Waals surface area contributed by atoms with Crippen LogP contribution < -0.4 is 5.32 Å². The molecule has 0 saturated carbocycles. The Kier molecular flexibility index (Phi) is 4.35. The van der Waals surface area contributed by atoms with E-state index in [9.17, 15) is 4.79 Å². The van der Waals surface area contributed by atoms with Gasteiger partial charge in [-0.3, -0.25) is 4.79 Å². The van der Waals surface area contributed by atoms with Crippen molar-refractivity contribution in [1.29, 1.82) is 0 Å². The molecule has 3 heteroatoms. The zero-order chi connectivity index (χ0) is 12.1. The summed E-state index contributed by atoms with van der Waals surface area (Å²) in [5.41, 5.74) is 3.03. The summed E-state index contributed by atoms with van der Waals surface area (Å²) in [6, 6.07) is 5.75. The Labute approximate surface area is 96.5 Å². The van der Waals surface area contributed by atoms with Gasteiger partial charge in [-0.1, -0.05) is 26.0 Å². The van der Waals surface area contributed by atoms with Crippen LogP contribution in [0.2, 0.25) is 0 Å². The summed E-state index contributed by atoms with van der Waals surface area (Å²) in [6.07, 6.45) is 0.0886. The molecule has 0 aromatic heterocycles. The highest BCUT2D eigenvalue weighted by molar-refractivity contribution is 5.70. The molecular formula is C13H19NO2. The van der Waals surface area contributed by atoms with Crippen LogP contribution in [0.5, 0.6) is 0 Å². The van der Waals surface area contributed by atoms with E-state index in [-0.39, 0.29) is 6.42 Å².